The molecule has 0 radical (unpaired) electrons. The van der Waals surface area contributed by atoms with E-state index < -0.39 is 0 Å². The first-order valence-electron chi connectivity index (χ1n) is 11.7. The second-order valence-corrected chi connectivity index (χ2v) is 10.3. The lowest BCUT2D eigenvalue weighted by Crippen LogP contribution is -1.92. The first-order valence-corrected chi connectivity index (χ1v) is 12.5. The number of pyridine rings is 1. The van der Waals surface area contributed by atoms with Crippen molar-refractivity contribution in [2.45, 2.75) is 0 Å². The molecule has 4 heterocycles. The Labute approximate surface area is 202 Å². The average Bonchev–Trinajstić information content (AvgIpc) is 3.58. The highest BCUT2D eigenvalue weighted by Gasteiger charge is 2.19. The summed E-state index contributed by atoms with van der Waals surface area (Å²) in [5, 5.41) is 8.54. The SMILES string of the molecule is c1ccc2c(c1)nc1c3c(ccc4sc5ccccc5c43)c3cc4c(cc3n21)oc1ccccc14. The van der Waals surface area contributed by atoms with E-state index >= 15 is 0 Å². The summed E-state index contributed by atoms with van der Waals surface area (Å²) in [4.78, 5) is 5.19. The summed E-state index contributed by atoms with van der Waals surface area (Å²) in [7, 11) is 0. The van der Waals surface area contributed by atoms with Crippen molar-refractivity contribution in [2.75, 3.05) is 0 Å². The van der Waals surface area contributed by atoms with Crippen molar-refractivity contribution >= 4 is 91.8 Å². The van der Waals surface area contributed by atoms with Gasteiger partial charge in [0.25, 0.3) is 0 Å². The third kappa shape index (κ3) is 2.18. The summed E-state index contributed by atoms with van der Waals surface area (Å²) in [6, 6.07) is 34.5. The monoisotopic (exact) mass is 464 g/mol. The normalized spacial score (nSPS) is 12.6. The second-order valence-electron chi connectivity index (χ2n) is 9.18. The molecule has 0 unspecified atom stereocenters. The van der Waals surface area contributed by atoms with E-state index in [9.17, 15) is 0 Å². The van der Waals surface area contributed by atoms with Crippen LogP contribution in [0.2, 0.25) is 0 Å². The van der Waals surface area contributed by atoms with Crippen LogP contribution in [0.3, 0.4) is 0 Å². The largest absolute Gasteiger partial charge is 0.456 e. The van der Waals surface area contributed by atoms with Gasteiger partial charge in [0.05, 0.1) is 16.6 Å². The number of fused-ring (bicyclic) bond motifs is 15. The number of thiophene rings is 1. The summed E-state index contributed by atoms with van der Waals surface area (Å²) in [6.07, 6.45) is 0. The third-order valence-corrected chi connectivity index (χ3v) is 8.49. The second kappa shape index (κ2) is 6.17. The van der Waals surface area contributed by atoms with E-state index in [-0.39, 0.29) is 0 Å². The van der Waals surface area contributed by atoms with Gasteiger partial charge < -0.3 is 4.42 Å². The molecular weight excluding hydrogens is 448 g/mol. The van der Waals surface area contributed by atoms with Gasteiger partial charge in [-0.3, -0.25) is 4.40 Å². The molecule has 0 saturated carbocycles. The predicted octanol–water partition coefficient (Wildman–Crippen LogP) is 9.06. The number of nitrogens with zero attached hydrogens (tertiary/aromatic N) is 2. The minimum Gasteiger partial charge on any atom is -0.456 e. The Morgan fingerprint density at radius 2 is 1.40 bits per heavy atom. The zero-order valence-corrected chi connectivity index (χ0v) is 19.3. The molecule has 0 atom stereocenters. The van der Waals surface area contributed by atoms with Gasteiger partial charge in [-0.25, -0.2) is 4.98 Å². The highest BCUT2D eigenvalue weighted by atomic mass is 32.1. The van der Waals surface area contributed by atoms with Gasteiger partial charge in [0.2, 0.25) is 0 Å². The highest BCUT2D eigenvalue weighted by Crippen LogP contribution is 2.44. The van der Waals surface area contributed by atoms with Crippen LogP contribution in [0, 0.1) is 0 Å². The van der Waals surface area contributed by atoms with E-state index in [0.717, 1.165) is 44.1 Å². The molecule has 0 N–H and O–H groups in total. The van der Waals surface area contributed by atoms with Crippen LogP contribution in [0.25, 0.3) is 80.5 Å². The van der Waals surface area contributed by atoms with Gasteiger partial charge in [-0.15, -0.1) is 11.3 Å². The number of hydrogen-bond donors (Lipinski definition) is 0. The summed E-state index contributed by atoms with van der Waals surface area (Å²) in [6.45, 7) is 0. The van der Waals surface area contributed by atoms with E-state index in [1.807, 2.05) is 23.5 Å². The molecule has 4 heteroatoms. The van der Waals surface area contributed by atoms with Crippen LogP contribution in [0.5, 0.6) is 0 Å². The Balaban J connectivity index is 1.65. The number of furan rings is 1. The van der Waals surface area contributed by atoms with Gasteiger partial charge in [0.1, 0.15) is 16.8 Å². The maximum absolute atomic E-state index is 6.29. The smallest absolute Gasteiger partial charge is 0.147 e. The van der Waals surface area contributed by atoms with Crippen molar-refractivity contribution in [3.8, 4) is 0 Å². The summed E-state index contributed by atoms with van der Waals surface area (Å²) < 4.78 is 11.2. The summed E-state index contributed by atoms with van der Waals surface area (Å²) in [5.41, 5.74) is 6.05. The Morgan fingerprint density at radius 1 is 0.571 bits per heavy atom. The summed E-state index contributed by atoms with van der Waals surface area (Å²) in [5.74, 6) is 0. The fourth-order valence-electron chi connectivity index (χ4n) is 5.87. The van der Waals surface area contributed by atoms with Gasteiger partial charge in [0, 0.05) is 47.8 Å². The Morgan fingerprint density at radius 3 is 2.37 bits per heavy atom. The van der Waals surface area contributed by atoms with Crippen molar-refractivity contribution in [3.05, 3.63) is 97.1 Å². The molecule has 5 aromatic carbocycles. The van der Waals surface area contributed by atoms with Crippen molar-refractivity contribution in [3.63, 3.8) is 0 Å². The van der Waals surface area contributed by atoms with Crippen LogP contribution >= 0.6 is 11.3 Å². The number of para-hydroxylation sites is 3. The minimum absolute atomic E-state index is 0.902. The van der Waals surface area contributed by atoms with Crippen LogP contribution < -0.4 is 0 Å². The predicted molar refractivity (Wildman–Crippen MR) is 148 cm³/mol. The van der Waals surface area contributed by atoms with Crippen molar-refractivity contribution < 1.29 is 4.42 Å². The molecule has 0 aliphatic carbocycles. The zero-order chi connectivity index (χ0) is 22.7. The average molecular weight is 465 g/mol. The van der Waals surface area contributed by atoms with Gasteiger partial charge >= 0.3 is 0 Å². The van der Waals surface area contributed by atoms with E-state index in [0.29, 0.717) is 0 Å². The molecule has 0 amide bonds. The fourth-order valence-corrected chi connectivity index (χ4v) is 6.99. The Hall–Kier alpha value is -4.41. The Bertz CT molecular complexity index is 2330. The van der Waals surface area contributed by atoms with Crippen LogP contribution in [0.1, 0.15) is 0 Å². The topological polar surface area (TPSA) is 30.4 Å². The lowest BCUT2D eigenvalue weighted by molar-refractivity contribution is 0.669. The lowest BCUT2D eigenvalue weighted by atomic mass is 9.99. The maximum atomic E-state index is 6.29. The first-order chi connectivity index (χ1) is 17.3. The molecule has 0 bridgehead atoms. The van der Waals surface area contributed by atoms with Crippen LogP contribution in [0.15, 0.2) is 101 Å². The molecule has 9 aromatic rings. The van der Waals surface area contributed by atoms with E-state index in [1.165, 1.54) is 36.3 Å². The van der Waals surface area contributed by atoms with Crippen molar-refractivity contribution in [2.24, 2.45) is 0 Å². The van der Waals surface area contributed by atoms with Crippen molar-refractivity contribution in [1.29, 1.82) is 0 Å². The molecular formula is C31H16N2OS. The van der Waals surface area contributed by atoms with E-state index in [1.54, 1.807) is 0 Å². The number of hydrogen-bond acceptors (Lipinski definition) is 3. The number of imidazole rings is 1. The van der Waals surface area contributed by atoms with E-state index in [4.69, 9.17) is 9.40 Å². The number of benzene rings is 5. The maximum Gasteiger partial charge on any atom is 0.147 e. The van der Waals surface area contributed by atoms with Crippen LogP contribution in [-0.2, 0) is 0 Å². The Kier molecular flexibility index (Phi) is 3.17. The van der Waals surface area contributed by atoms with Crippen LogP contribution in [-0.4, -0.2) is 9.38 Å². The zero-order valence-electron chi connectivity index (χ0n) is 18.4. The van der Waals surface area contributed by atoms with Gasteiger partial charge in [-0.05, 0) is 41.8 Å². The highest BCUT2D eigenvalue weighted by molar-refractivity contribution is 7.26. The van der Waals surface area contributed by atoms with E-state index in [2.05, 4.69) is 89.3 Å². The minimum atomic E-state index is 0.902. The summed E-state index contributed by atoms with van der Waals surface area (Å²) >= 11 is 1.85. The number of aromatic nitrogens is 2. The molecule has 35 heavy (non-hydrogen) atoms. The van der Waals surface area contributed by atoms with Gasteiger partial charge in [-0.1, -0.05) is 54.6 Å². The van der Waals surface area contributed by atoms with Crippen molar-refractivity contribution in [1.82, 2.24) is 9.38 Å². The molecule has 0 saturated heterocycles. The standard InChI is InChI=1S/C31H16N2OS/c1-5-11-25-17(7-1)21-15-20-18-13-14-28-29(19-8-2-6-12-27(19)35-28)30(18)31-32-22-9-3-4-10-23(22)33(31)24(20)16-26(21)34-25/h1-16H. The first kappa shape index (κ1) is 18.0. The fraction of sp³-hybridized carbons (Fsp3) is 0. The quantitative estimate of drug-likeness (QED) is 0.210. The van der Waals surface area contributed by atoms with Crippen LogP contribution in [0.4, 0.5) is 0 Å². The molecule has 162 valence electrons. The van der Waals surface area contributed by atoms with Gasteiger partial charge in [0.15, 0.2) is 0 Å². The molecule has 9 rings (SSSR count). The lowest BCUT2D eigenvalue weighted by Gasteiger charge is -2.11. The third-order valence-electron chi connectivity index (χ3n) is 7.35. The van der Waals surface area contributed by atoms with Gasteiger partial charge in [-0.2, -0.15) is 0 Å². The molecule has 0 spiro atoms. The molecule has 4 aromatic heterocycles. The molecule has 0 fully saturated rings. The molecule has 0 aliphatic heterocycles. The number of rotatable bonds is 0. The molecule has 0 aliphatic rings. The molecule has 3 nitrogen and oxygen atoms in total.